The molecule has 1 aromatic heterocycles. The predicted octanol–water partition coefficient (Wildman–Crippen LogP) is 1.91. The van der Waals surface area contributed by atoms with Gasteiger partial charge < -0.3 is 4.90 Å². The Morgan fingerprint density at radius 2 is 1.90 bits per heavy atom. The Labute approximate surface area is 116 Å². The second-order valence-corrected chi connectivity index (χ2v) is 4.79. The molecule has 0 bridgehead atoms. The van der Waals surface area contributed by atoms with Gasteiger partial charge in [-0.05, 0) is 12.8 Å². The number of H-pyrrole nitrogens is 1. The Morgan fingerprint density at radius 3 is 2.55 bits per heavy atom. The second kappa shape index (κ2) is 5.17. The van der Waals surface area contributed by atoms with Gasteiger partial charge in [0.15, 0.2) is 0 Å². The van der Waals surface area contributed by atoms with E-state index in [-0.39, 0.29) is 11.1 Å². The summed E-state index contributed by atoms with van der Waals surface area (Å²) in [6.07, 6.45) is 2.20. The molecule has 1 fully saturated rings. The summed E-state index contributed by atoms with van der Waals surface area (Å²) in [5.41, 5.74) is 0.941. The number of nitrogens with zero attached hydrogens (tertiary/aromatic N) is 3. The largest absolute Gasteiger partial charge is 0.342 e. The smallest absolute Gasteiger partial charge is 0.270 e. The molecule has 0 unspecified atom stereocenters. The topological polar surface area (TPSA) is 72.8 Å². The van der Waals surface area contributed by atoms with E-state index in [1.165, 1.54) is 0 Å². The van der Waals surface area contributed by atoms with Crippen molar-refractivity contribution in [1.29, 1.82) is 5.26 Å². The lowest BCUT2D eigenvalue weighted by Gasteiger charge is -2.16. The number of nitrogens with one attached hydrogen (secondary N) is 1. The van der Waals surface area contributed by atoms with Gasteiger partial charge in [0.1, 0.15) is 11.6 Å². The van der Waals surface area contributed by atoms with E-state index in [2.05, 4.69) is 14.9 Å². The third kappa shape index (κ3) is 2.16. The number of benzene rings is 1. The highest BCUT2D eigenvalue weighted by Gasteiger charge is 2.19. The molecular weight excluding hydrogens is 252 g/mol. The van der Waals surface area contributed by atoms with Crippen LogP contribution in [0, 0.1) is 11.3 Å². The van der Waals surface area contributed by atoms with E-state index < -0.39 is 0 Å². The van der Waals surface area contributed by atoms with Crippen LogP contribution in [-0.2, 0) is 0 Å². The SMILES string of the molecule is N#Cc1c(-c2ccccc2)nc(N2CCCC2)[nH]c1=O. The summed E-state index contributed by atoms with van der Waals surface area (Å²) in [5, 5.41) is 9.19. The fraction of sp³-hybridized carbons (Fsp3) is 0.267. The number of hydrogen-bond acceptors (Lipinski definition) is 4. The van der Waals surface area contributed by atoms with Gasteiger partial charge in [-0.25, -0.2) is 4.98 Å². The van der Waals surface area contributed by atoms with Gasteiger partial charge in [-0.3, -0.25) is 9.78 Å². The standard InChI is InChI=1S/C15H14N4O/c16-10-12-13(11-6-2-1-3-7-11)17-15(18-14(12)20)19-8-4-5-9-19/h1-3,6-7H,4-5,8-9H2,(H,17,18,20). The Morgan fingerprint density at radius 1 is 1.20 bits per heavy atom. The van der Waals surface area contributed by atoms with Crippen molar-refractivity contribution in [3.05, 3.63) is 46.2 Å². The van der Waals surface area contributed by atoms with Gasteiger partial charge in [0.25, 0.3) is 5.56 Å². The van der Waals surface area contributed by atoms with Crippen LogP contribution >= 0.6 is 0 Å². The molecule has 3 rings (SSSR count). The Balaban J connectivity index is 2.16. The molecule has 0 amide bonds. The van der Waals surface area contributed by atoms with Crippen molar-refractivity contribution < 1.29 is 0 Å². The molecule has 0 aliphatic carbocycles. The maximum absolute atomic E-state index is 12.1. The molecule has 1 aromatic carbocycles. The lowest BCUT2D eigenvalue weighted by molar-refractivity contribution is 0.889. The molecule has 1 N–H and O–H groups in total. The van der Waals surface area contributed by atoms with Gasteiger partial charge in [-0.1, -0.05) is 30.3 Å². The van der Waals surface area contributed by atoms with Gasteiger partial charge in [0.05, 0.1) is 5.69 Å². The first-order chi connectivity index (χ1) is 9.79. The maximum Gasteiger partial charge on any atom is 0.270 e. The van der Waals surface area contributed by atoms with Crippen molar-refractivity contribution in [3.63, 3.8) is 0 Å². The highest BCUT2D eigenvalue weighted by molar-refractivity contribution is 5.67. The number of anilines is 1. The normalized spacial score (nSPS) is 14.2. The molecule has 5 nitrogen and oxygen atoms in total. The quantitative estimate of drug-likeness (QED) is 0.901. The van der Waals surface area contributed by atoms with Crippen molar-refractivity contribution in [3.8, 4) is 17.3 Å². The zero-order valence-electron chi connectivity index (χ0n) is 11.0. The van der Waals surface area contributed by atoms with Crippen molar-refractivity contribution in [2.24, 2.45) is 0 Å². The molecule has 0 atom stereocenters. The zero-order valence-corrected chi connectivity index (χ0v) is 11.0. The van der Waals surface area contributed by atoms with E-state index in [1.807, 2.05) is 36.4 Å². The fourth-order valence-electron chi connectivity index (χ4n) is 2.45. The van der Waals surface area contributed by atoms with E-state index in [4.69, 9.17) is 0 Å². The van der Waals surface area contributed by atoms with E-state index in [9.17, 15) is 10.1 Å². The van der Waals surface area contributed by atoms with Crippen molar-refractivity contribution in [1.82, 2.24) is 9.97 Å². The van der Waals surface area contributed by atoms with Crippen LogP contribution in [0.3, 0.4) is 0 Å². The highest BCUT2D eigenvalue weighted by atomic mass is 16.1. The van der Waals surface area contributed by atoms with Crippen LogP contribution in [0.15, 0.2) is 35.1 Å². The molecule has 100 valence electrons. The third-order valence-corrected chi connectivity index (χ3v) is 3.47. The van der Waals surface area contributed by atoms with E-state index >= 15 is 0 Å². The van der Waals surface area contributed by atoms with Gasteiger partial charge in [0, 0.05) is 18.7 Å². The molecule has 1 aliphatic rings. The molecule has 5 heteroatoms. The van der Waals surface area contributed by atoms with E-state index in [1.54, 1.807) is 0 Å². The summed E-state index contributed by atoms with van der Waals surface area (Å²) < 4.78 is 0. The lowest BCUT2D eigenvalue weighted by atomic mass is 10.1. The van der Waals surface area contributed by atoms with Crippen molar-refractivity contribution in [2.75, 3.05) is 18.0 Å². The zero-order chi connectivity index (χ0) is 13.9. The fourth-order valence-corrected chi connectivity index (χ4v) is 2.45. The van der Waals surface area contributed by atoms with Gasteiger partial charge in [0.2, 0.25) is 5.95 Å². The van der Waals surface area contributed by atoms with Crippen LogP contribution in [0.5, 0.6) is 0 Å². The molecule has 1 saturated heterocycles. The predicted molar refractivity (Wildman–Crippen MR) is 76.5 cm³/mol. The molecule has 0 saturated carbocycles. The van der Waals surface area contributed by atoms with Crippen molar-refractivity contribution >= 4 is 5.95 Å². The Kier molecular flexibility index (Phi) is 3.21. The molecule has 2 heterocycles. The van der Waals surface area contributed by atoms with Crippen LogP contribution in [-0.4, -0.2) is 23.1 Å². The van der Waals surface area contributed by atoms with E-state index in [0.29, 0.717) is 11.6 Å². The molecule has 20 heavy (non-hydrogen) atoms. The minimum atomic E-state index is -0.372. The summed E-state index contributed by atoms with van der Waals surface area (Å²) >= 11 is 0. The minimum absolute atomic E-state index is 0.0687. The van der Waals surface area contributed by atoms with Gasteiger partial charge in [-0.15, -0.1) is 0 Å². The summed E-state index contributed by atoms with van der Waals surface area (Å²) in [4.78, 5) is 21.3. The number of rotatable bonds is 2. The average molecular weight is 266 g/mol. The number of nitriles is 1. The summed E-state index contributed by atoms with van der Waals surface area (Å²) in [7, 11) is 0. The summed E-state index contributed by atoms with van der Waals surface area (Å²) in [6.45, 7) is 1.78. The Bertz CT molecular complexity index is 709. The summed E-state index contributed by atoms with van der Waals surface area (Å²) in [6, 6.07) is 11.3. The molecule has 1 aliphatic heterocycles. The Hall–Kier alpha value is -2.61. The highest BCUT2D eigenvalue weighted by Crippen LogP contribution is 2.22. The lowest BCUT2D eigenvalue weighted by Crippen LogP contribution is -2.25. The number of aromatic amines is 1. The second-order valence-electron chi connectivity index (χ2n) is 4.79. The van der Waals surface area contributed by atoms with Gasteiger partial charge >= 0.3 is 0 Å². The molecule has 0 radical (unpaired) electrons. The number of hydrogen-bond donors (Lipinski definition) is 1. The van der Waals surface area contributed by atoms with Crippen LogP contribution in [0.2, 0.25) is 0 Å². The third-order valence-electron chi connectivity index (χ3n) is 3.47. The van der Waals surface area contributed by atoms with Crippen LogP contribution < -0.4 is 10.5 Å². The van der Waals surface area contributed by atoms with Crippen LogP contribution in [0.25, 0.3) is 11.3 Å². The first kappa shape index (κ1) is 12.4. The van der Waals surface area contributed by atoms with Crippen molar-refractivity contribution in [2.45, 2.75) is 12.8 Å². The summed E-state index contributed by atoms with van der Waals surface area (Å²) in [5.74, 6) is 0.561. The first-order valence-electron chi connectivity index (χ1n) is 6.64. The monoisotopic (exact) mass is 266 g/mol. The minimum Gasteiger partial charge on any atom is -0.342 e. The average Bonchev–Trinajstić information content (AvgIpc) is 3.01. The molecular formula is C15H14N4O. The molecule has 0 spiro atoms. The first-order valence-corrected chi connectivity index (χ1v) is 6.64. The van der Waals surface area contributed by atoms with Gasteiger partial charge in [-0.2, -0.15) is 5.26 Å². The molecule has 2 aromatic rings. The van der Waals surface area contributed by atoms with Crippen LogP contribution in [0.4, 0.5) is 5.95 Å². The number of aromatic nitrogens is 2. The maximum atomic E-state index is 12.1. The van der Waals surface area contributed by atoms with E-state index in [0.717, 1.165) is 31.5 Å². The van der Waals surface area contributed by atoms with Crippen LogP contribution in [0.1, 0.15) is 18.4 Å².